The Bertz CT molecular complexity index is 821. The van der Waals surface area contributed by atoms with E-state index >= 15 is 0 Å². The van der Waals surface area contributed by atoms with E-state index in [0.29, 0.717) is 17.1 Å². The van der Waals surface area contributed by atoms with Crippen molar-refractivity contribution in [3.05, 3.63) is 47.8 Å². The van der Waals surface area contributed by atoms with Crippen molar-refractivity contribution in [1.82, 2.24) is 14.8 Å². The van der Waals surface area contributed by atoms with E-state index < -0.39 is 0 Å². The summed E-state index contributed by atoms with van der Waals surface area (Å²) in [5, 5.41) is 18.2. The van der Waals surface area contributed by atoms with E-state index in [9.17, 15) is 5.11 Å². The highest BCUT2D eigenvalue weighted by atomic mass is 16.3. The zero-order chi connectivity index (χ0) is 19.3. The van der Waals surface area contributed by atoms with Crippen LogP contribution in [0.4, 0.5) is 0 Å². The molecule has 2 saturated carbocycles. The van der Waals surface area contributed by atoms with Gasteiger partial charge in [0.1, 0.15) is 18.4 Å². The van der Waals surface area contributed by atoms with Gasteiger partial charge in [-0.3, -0.25) is 0 Å². The fourth-order valence-electron chi connectivity index (χ4n) is 7.21. The van der Waals surface area contributed by atoms with Crippen molar-refractivity contribution in [3.8, 4) is 0 Å². The van der Waals surface area contributed by atoms with Crippen LogP contribution in [0.3, 0.4) is 0 Å². The molecule has 0 bridgehead atoms. The first-order valence-corrected chi connectivity index (χ1v) is 11.2. The van der Waals surface area contributed by atoms with Crippen LogP contribution in [0, 0.1) is 35.0 Å². The summed E-state index contributed by atoms with van der Waals surface area (Å²) in [6, 6.07) is 0. The topological polar surface area (TPSA) is 50.9 Å². The molecule has 0 aliphatic heterocycles. The van der Waals surface area contributed by atoms with Crippen LogP contribution < -0.4 is 0 Å². The lowest BCUT2D eigenvalue weighted by Crippen LogP contribution is -2.45. The van der Waals surface area contributed by atoms with Crippen molar-refractivity contribution in [1.29, 1.82) is 0 Å². The zero-order valence-electron chi connectivity index (χ0n) is 17.2. The lowest BCUT2D eigenvalue weighted by atomic mass is 9.52. The van der Waals surface area contributed by atoms with Gasteiger partial charge in [-0.25, -0.2) is 0 Å². The van der Waals surface area contributed by atoms with Gasteiger partial charge in [0.05, 0.1) is 0 Å². The Morgan fingerprint density at radius 2 is 2.00 bits per heavy atom. The molecule has 6 atom stereocenters. The molecule has 4 heteroatoms. The Labute approximate surface area is 168 Å². The quantitative estimate of drug-likeness (QED) is 0.755. The summed E-state index contributed by atoms with van der Waals surface area (Å²) in [4.78, 5) is 0. The van der Waals surface area contributed by atoms with Gasteiger partial charge < -0.3 is 9.67 Å². The van der Waals surface area contributed by atoms with Gasteiger partial charge >= 0.3 is 0 Å². The molecule has 0 unspecified atom stereocenters. The largest absolute Gasteiger partial charge is 0.508 e. The summed E-state index contributed by atoms with van der Waals surface area (Å²) in [7, 11) is 0. The van der Waals surface area contributed by atoms with Crippen LogP contribution in [-0.4, -0.2) is 19.9 Å². The summed E-state index contributed by atoms with van der Waals surface area (Å²) < 4.78 is 2.13. The average Bonchev–Trinajstić information content (AvgIpc) is 3.32. The molecule has 0 radical (unpaired) electrons. The fourth-order valence-corrected chi connectivity index (χ4v) is 7.21. The Kier molecular flexibility index (Phi) is 4.48. The first-order valence-electron chi connectivity index (χ1n) is 11.2. The molecule has 5 rings (SSSR count). The highest BCUT2D eigenvalue weighted by Crippen LogP contribution is 2.63. The van der Waals surface area contributed by atoms with E-state index in [0.717, 1.165) is 42.2 Å². The lowest BCUT2D eigenvalue weighted by molar-refractivity contribution is -0.00358. The molecule has 0 saturated heterocycles. The second kappa shape index (κ2) is 6.89. The van der Waals surface area contributed by atoms with Crippen LogP contribution in [0.25, 0.3) is 0 Å². The fraction of sp³-hybridized carbons (Fsp3) is 0.667. The van der Waals surface area contributed by atoms with Crippen LogP contribution in [0.2, 0.25) is 0 Å². The smallest absolute Gasteiger partial charge is 0.119 e. The van der Waals surface area contributed by atoms with Gasteiger partial charge in [0, 0.05) is 12.5 Å². The first-order chi connectivity index (χ1) is 13.6. The molecule has 1 aromatic rings. The van der Waals surface area contributed by atoms with Gasteiger partial charge in [-0.05, 0) is 91.3 Å². The minimum atomic E-state index is 0.491. The van der Waals surface area contributed by atoms with Crippen LogP contribution in [0.1, 0.15) is 58.8 Å². The summed E-state index contributed by atoms with van der Waals surface area (Å²) >= 11 is 0. The van der Waals surface area contributed by atoms with Crippen molar-refractivity contribution in [2.24, 2.45) is 35.0 Å². The molecule has 28 heavy (non-hydrogen) atoms. The molecular formula is C24H33N3O. The van der Waals surface area contributed by atoms with Crippen LogP contribution in [-0.2, 0) is 6.54 Å². The summed E-state index contributed by atoms with van der Waals surface area (Å²) in [5.74, 6) is 4.29. The van der Waals surface area contributed by atoms with Gasteiger partial charge in [-0.2, -0.15) is 0 Å². The van der Waals surface area contributed by atoms with E-state index in [1.165, 1.54) is 44.1 Å². The van der Waals surface area contributed by atoms with Gasteiger partial charge in [0.2, 0.25) is 0 Å². The Balaban J connectivity index is 1.36. The maximum absolute atomic E-state index is 10.3. The zero-order valence-corrected chi connectivity index (χ0v) is 17.2. The second-order valence-electron chi connectivity index (χ2n) is 9.78. The number of fused-ring (bicyclic) bond motifs is 5. The standard InChI is InChI=1S/C24H33N3O/c1-3-16-12-21-17(13-23(16)28)4-6-20-19(21)8-10-24(2)18(5-7-22(20)24)9-11-27-14-25-26-15-27/h4,12-15,18-22,28H,3,5-11H2,1-2H3/t18-,19+,20-,21+,22+,24-/m1/s1. The molecule has 1 heterocycles. The third-order valence-corrected chi connectivity index (χ3v) is 8.76. The number of aliphatic hydroxyl groups is 1. The van der Waals surface area contributed by atoms with Crippen molar-refractivity contribution in [3.63, 3.8) is 0 Å². The first kappa shape index (κ1) is 18.2. The molecule has 0 aromatic carbocycles. The molecule has 1 aromatic heterocycles. The Morgan fingerprint density at radius 1 is 1.18 bits per heavy atom. The molecule has 4 aliphatic carbocycles. The van der Waals surface area contributed by atoms with Crippen molar-refractivity contribution in [2.45, 2.75) is 65.3 Å². The predicted molar refractivity (Wildman–Crippen MR) is 110 cm³/mol. The molecule has 0 amide bonds. The predicted octanol–water partition coefficient (Wildman–Crippen LogP) is 5.47. The molecular weight excluding hydrogens is 346 g/mol. The maximum Gasteiger partial charge on any atom is 0.119 e. The highest BCUT2D eigenvalue weighted by Gasteiger charge is 2.55. The average molecular weight is 380 g/mol. The number of aliphatic hydroxyl groups excluding tert-OH is 1. The number of rotatable bonds is 4. The van der Waals surface area contributed by atoms with Crippen LogP contribution in [0.15, 0.2) is 47.8 Å². The third-order valence-electron chi connectivity index (χ3n) is 8.76. The number of aromatic nitrogens is 3. The Morgan fingerprint density at radius 3 is 2.79 bits per heavy atom. The number of hydrogen-bond donors (Lipinski definition) is 1. The summed E-state index contributed by atoms with van der Waals surface area (Å²) in [6.45, 7) is 5.80. The minimum absolute atomic E-state index is 0.491. The molecule has 4 nitrogen and oxygen atoms in total. The molecule has 150 valence electrons. The lowest BCUT2D eigenvalue weighted by Gasteiger charge is -2.52. The monoisotopic (exact) mass is 379 g/mol. The number of hydrogen-bond acceptors (Lipinski definition) is 3. The van der Waals surface area contributed by atoms with Crippen molar-refractivity contribution < 1.29 is 5.11 Å². The third kappa shape index (κ3) is 2.79. The molecule has 2 fully saturated rings. The number of allylic oxidation sites excluding steroid dienone is 5. The van der Waals surface area contributed by atoms with Crippen molar-refractivity contribution >= 4 is 0 Å². The SMILES string of the molecule is CCC1=C[C@H]2C(=CC[C@@H]3[C@@H]2CC[C@]2(C)[C@@H](CCn4cnnc4)CC[C@@H]32)C=C1O. The normalized spacial score (nSPS) is 39.4. The highest BCUT2D eigenvalue weighted by molar-refractivity contribution is 5.43. The van der Waals surface area contributed by atoms with Gasteiger partial charge in [0.15, 0.2) is 0 Å². The van der Waals surface area contributed by atoms with Crippen LogP contribution >= 0.6 is 0 Å². The van der Waals surface area contributed by atoms with Crippen molar-refractivity contribution in [2.75, 3.05) is 0 Å². The van der Waals surface area contributed by atoms with E-state index in [-0.39, 0.29) is 0 Å². The van der Waals surface area contributed by atoms with Gasteiger partial charge in [-0.1, -0.05) is 26.0 Å². The summed E-state index contributed by atoms with van der Waals surface area (Å²) in [5.41, 5.74) is 3.01. The van der Waals surface area contributed by atoms with Gasteiger partial charge in [0.25, 0.3) is 0 Å². The van der Waals surface area contributed by atoms with E-state index in [4.69, 9.17) is 0 Å². The number of aryl methyl sites for hydroxylation is 1. The van der Waals surface area contributed by atoms with E-state index in [2.05, 4.69) is 46.8 Å². The minimum Gasteiger partial charge on any atom is -0.508 e. The van der Waals surface area contributed by atoms with Crippen LogP contribution in [0.5, 0.6) is 0 Å². The maximum atomic E-state index is 10.3. The molecule has 1 N–H and O–H groups in total. The Hall–Kier alpha value is -1.84. The molecule has 0 spiro atoms. The van der Waals surface area contributed by atoms with E-state index in [1.807, 2.05) is 12.7 Å². The number of nitrogens with zero attached hydrogens (tertiary/aromatic N) is 3. The van der Waals surface area contributed by atoms with E-state index in [1.54, 1.807) is 0 Å². The summed E-state index contributed by atoms with van der Waals surface area (Å²) in [6.07, 6.45) is 19.5. The molecule has 4 aliphatic rings. The second-order valence-corrected chi connectivity index (χ2v) is 9.78. The van der Waals surface area contributed by atoms with Gasteiger partial charge in [-0.15, -0.1) is 10.2 Å².